The maximum atomic E-state index is 11.0. The molecule has 3 heteroatoms. The topological polar surface area (TPSA) is 35.5 Å². The maximum Gasteiger partial charge on any atom is 0.335 e. The van der Waals surface area contributed by atoms with Crippen molar-refractivity contribution in [2.45, 2.75) is 40.2 Å². The highest BCUT2D eigenvalue weighted by molar-refractivity contribution is 5.74. The van der Waals surface area contributed by atoms with Gasteiger partial charge in [-0.3, -0.25) is 0 Å². The van der Waals surface area contributed by atoms with Gasteiger partial charge < -0.3 is 9.47 Å². The second-order valence-electron chi connectivity index (χ2n) is 2.30. The summed E-state index contributed by atoms with van der Waals surface area (Å²) in [5.41, 5.74) is 0. The normalized spacial score (nSPS) is 11.6. The van der Waals surface area contributed by atoms with E-state index in [1.54, 1.807) is 0 Å². The predicted molar refractivity (Wildman–Crippen MR) is 49.1 cm³/mol. The molecule has 0 aromatic rings. The quantitative estimate of drug-likeness (QED) is 0.601. The van der Waals surface area contributed by atoms with E-state index in [9.17, 15) is 4.79 Å². The Morgan fingerprint density at radius 2 is 2.00 bits per heavy atom. The second-order valence-corrected chi connectivity index (χ2v) is 2.30. The zero-order valence-electron chi connectivity index (χ0n) is 7.42. The van der Waals surface area contributed by atoms with Crippen molar-refractivity contribution in [2.24, 2.45) is 0 Å². The standard InChI is InChI=1S/C8H16O3.CH4/c1-4-6-11-8(9)7(5-2)10-3;/h7H,4-6H2,1-3H3;1H4. The van der Waals surface area contributed by atoms with E-state index in [0.717, 1.165) is 6.42 Å². The van der Waals surface area contributed by atoms with Crippen LogP contribution in [0.2, 0.25) is 0 Å². The fourth-order valence-corrected chi connectivity index (χ4v) is 0.725. The maximum absolute atomic E-state index is 11.0. The molecule has 0 N–H and O–H groups in total. The summed E-state index contributed by atoms with van der Waals surface area (Å²) in [5.74, 6) is -0.253. The third-order valence-electron chi connectivity index (χ3n) is 1.37. The molecule has 0 aliphatic rings. The molecule has 0 aromatic heterocycles. The minimum atomic E-state index is -0.387. The molecule has 1 unspecified atom stereocenters. The summed E-state index contributed by atoms with van der Waals surface area (Å²) in [6, 6.07) is 0. The fraction of sp³-hybridized carbons (Fsp3) is 0.889. The van der Waals surface area contributed by atoms with Gasteiger partial charge in [-0.15, -0.1) is 0 Å². The summed E-state index contributed by atoms with van der Waals surface area (Å²) in [7, 11) is 1.52. The van der Waals surface area contributed by atoms with Gasteiger partial charge in [-0.25, -0.2) is 4.79 Å². The van der Waals surface area contributed by atoms with Crippen LogP contribution >= 0.6 is 0 Å². The van der Waals surface area contributed by atoms with Gasteiger partial charge in [-0.05, 0) is 12.8 Å². The SMILES string of the molecule is C.CCCOC(=O)C(CC)OC. The Morgan fingerprint density at radius 1 is 1.42 bits per heavy atom. The van der Waals surface area contributed by atoms with E-state index in [0.29, 0.717) is 13.0 Å². The zero-order chi connectivity index (χ0) is 8.69. The molecule has 0 aliphatic heterocycles. The lowest BCUT2D eigenvalue weighted by molar-refractivity contribution is -0.155. The van der Waals surface area contributed by atoms with Gasteiger partial charge in [-0.2, -0.15) is 0 Å². The van der Waals surface area contributed by atoms with Gasteiger partial charge in [0.15, 0.2) is 6.10 Å². The van der Waals surface area contributed by atoms with E-state index in [1.165, 1.54) is 7.11 Å². The molecule has 0 bridgehead atoms. The van der Waals surface area contributed by atoms with Crippen LogP contribution in [0.15, 0.2) is 0 Å². The minimum absolute atomic E-state index is 0. The lowest BCUT2D eigenvalue weighted by atomic mass is 10.3. The first kappa shape index (κ1) is 14.0. The van der Waals surface area contributed by atoms with Crippen molar-refractivity contribution in [2.75, 3.05) is 13.7 Å². The fourth-order valence-electron chi connectivity index (χ4n) is 0.725. The molecule has 0 radical (unpaired) electrons. The van der Waals surface area contributed by atoms with Crippen molar-refractivity contribution in [1.82, 2.24) is 0 Å². The van der Waals surface area contributed by atoms with E-state index < -0.39 is 0 Å². The average molecular weight is 176 g/mol. The van der Waals surface area contributed by atoms with Crippen LogP contribution in [0.5, 0.6) is 0 Å². The number of hydrogen-bond donors (Lipinski definition) is 0. The molecule has 0 rings (SSSR count). The van der Waals surface area contributed by atoms with Gasteiger partial charge >= 0.3 is 5.97 Å². The molecule has 0 saturated carbocycles. The van der Waals surface area contributed by atoms with Crippen LogP contribution in [0.3, 0.4) is 0 Å². The smallest absolute Gasteiger partial charge is 0.335 e. The largest absolute Gasteiger partial charge is 0.464 e. The first-order valence-corrected chi connectivity index (χ1v) is 3.95. The van der Waals surface area contributed by atoms with Crippen LogP contribution in [0.1, 0.15) is 34.1 Å². The highest BCUT2D eigenvalue weighted by Gasteiger charge is 2.15. The van der Waals surface area contributed by atoms with Gasteiger partial charge in [-0.1, -0.05) is 21.3 Å². The Labute approximate surface area is 75.1 Å². The highest BCUT2D eigenvalue weighted by Crippen LogP contribution is 1.99. The van der Waals surface area contributed by atoms with E-state index in [4.69, 9.17) is 9.47 Å². The molecule has 74 valence electrons. The van der Waals surface area contributed by atoms with Crippen molar-refractivity contribution in [3.8, 4) is 0 Å². The summed E-state index contributed by atoms with van der Waals surface area (Å²) in [6.07, 6.45) is 1.13. The number of carbonyl (C=O) groups excluding carboxylic acids is 1. The van der Waals surface area contributed by atoms with Crippen LogP contribution in [0, 0.1) is 0 Å². The minimum Gasteiger partial charge on any atom is -0.464 e. The Kier molecular flexibility index (Phi) is 9.93. The Hall–Kier alpha value is -0.570. The third kappa shape index (κ3) is 5.13. The lowest BCUT2D eigenvalue weighted by Crippen LogP contribution is -2.24. The van der Waals surface area contributed by atoms with Crippen molar-refractivity contribution >= 4 is 5.97 Å². The Balaban J connectivity index is 0. The number of carbonyl (C=O) groups is 1. The highest BCUT2D eigenvalue weighted by atomic mass is 16.6. The number of ether oxygens (including phenoxy) is 2. The number of methoxy groups -OCH3 is 1. The van der Waals surface area contributed by atoms with Gasteiger partial charge in [0.05, 0.1) is 6.61 Å². The molecular formula is C9H20O3. The molecule has 0 aliphatic carbocycles. The van der Waals surface area contributed by atoms with Crippen molar-refractivity contribution in [1.29, 1.82) is 0 Å². The molecule has 0 fully saturated rings. The molecule has 0 saturated heterocycles. The van der Waals surface area contributed by atoms with Crippen molar-refractivity contribution in [3.05, 3.63) is 0 Å². The summed E-state index contributed by atoms with van der Waals surface area (Å²) < 4.78 is 9.75. The third-order valence-corrected chi connectivity index (χ3v) is 1.37. The van der Waals surface area contributed by atoms with Crippen LogP contribution < -0.4 is 0 Å². The Bertz CT molecular complexity index is 108. The average Bonchev–Trinajstić information content (AvgIpc) is 2.03. The first-order valence-electron chi connectivity index (χ1n) is 3.95. The Morgan fingerprint density at radius 3 is 2.33 bits per heavy atom. The summed E-state index contributed by atoms with van der Waals surface area (Å²) in [6.45, 7) is 4.33. The lowest BCUT2D eigenvalue weighted by Gasteiger charge is -2.11. The summed E-state index contributed by atoms with van der Waals surface area (Å²) in [4.78, 5) is 11.0. The van der Waals surface area contributed by atoms with Gasteiger partial charge in [0.25, 0.3) is 0 Å². The molecule has 0 spiro atoms. The van der Waals surface area contributed by atoms with Crippen LogP contribution in [0.4, 0.5) is 0 Å². The summed E-state index contributed by atoms with van der Waals surface area (Å²) in [5, 5.41) is 0. The van der Waals surface area contributed by atoms with E-state index in [1.807, 2.05) is 13.8 Å². The molecule has 0 aromatic carbocycles. The molecule has 0 heterocycles. The molecule has 1 atom stereocenters. The molecule has 3 nitrogen and oxygen atoms in total. The van der Waals surface area contributed by atoms with Crippen molar-refractivity contribution < 1.29 is 14.3 Å². The summed E-state index contributed by atoms with van der Waals surface area (Å²) >= 11 is 0. The number of rotatable bonds is 5. The number of esters is 1. The molecule has 0 amide bonds. The van der Waals surface area contributed by atoms with E-state index in [-0.39, 0.29) is 19.5 Å². The second kappa shape index (κ2) is 8.53. The van der Waals surface area contributed by atoms with Crippen LogP contribution in [-0.4, -0.2) is 25.8 Å². The van der Waals surface area contributed by atoms with Gasteiger partial charge in [0, 0.05) is 7.11 Å². The molecule has 12 heavy (non-hydrogen) atoms. The van der Waals surface area contributed by atoms with Gasteiger partial charge in [0.2, 0.25) is 0 Å². The predicted octanol–water partition coefficient (Wildman–Crippen LogP) is 2.00. The number of hydrogen-bond acceptors (Lipinski definition) is 3. The van der Waals surface area contributed by atoms with Crippen LogP contribution in [-0.2, 0) is 14.3 Å². The monoisotopic (exact) mass is 176 g/mol. The van der Waals surface area contributed by atoms with E-state index >= 15 is 0 Å². The van der Waals surface area contributed by atoms with E-state index in [2.05, 4.69) is 0 Å². The van der Waals surface area contributed by atoms with Crippen LogP contribution in [0.25, 0.3) is 0 Å². The zero-order valence-corrected chi connectivity index (χ0v) is 7.42. The molecular weight excluding hydrogens is 156 g/mol. The van der Waals surface area contributed by atoms with Crippen molar-refractivity contribution in [3.63, 3.8) is 0 Å². The first-order chi connectivity index (χ1) is 5.26. The van der Waals surface area contributed by atoms with Gasteiger partial charge in [0.1, 0.15) is 0 Å².